The Balaban J connectivity index is 4.41. The molecule has 0 saturated carbocycles. The van der Waals surface area contributed by atoms with Crippen LogP contribution < -0.4 is 0 Å². The van der Waals surface area contributed by atoms with Gasteiger partial charge >= 0.3 is 17.9 Å². The SMILES string of the molecule is CC\C=C/C=C\C=C/C=C\CCCCCCCC(=O)OCC(COC(=O)CCCCCCCCCCCC/C=C\C=C/CCCCC)OC(=O)CCCCCCCCCCCC/C=C\C=C/CCCCC. The predicted octanol–water partition coefficient (Wildman–Crippen LogP) is 20.1. The van der Waals surface area contributed by atoms with E-state index in [2.05, 4.69) is 99.8 Å². The standard InChI is InChI=1S/C65H110O6/c1-4-7-10-13-16-19-22-25-28-30-32-34-37-40-43-46-49-52-55-58-64(67)70-61-62(60-69-63(66)57-54-51-48-45-42-39-36-27-24-21-18-15-12-9-6-3)71-65(68)59-56-53-50-47-44-41-38-35-33-31-29-26-23-20-17-14-11-8-5-2/h9,12,15-27,36,62H,4-8,10-11,13-14,28-35,37-61H2,1-3H3/b12-9-,18-15-,19-16-,20-17-,24-21-,25-22-,26-23-,36-27-. The summed E-state index contributed by atoms with van der Waals surface area (Å²) in [5.74, 6) is -0.913. The van der Waals surface area contributed by atoms with Crippen LogP contribution in [-0.2, 0) is 28.6 Å². The van der Waals surface area contributed by atoms with Crippen molar-refractivity contribution in [2.45, 2.75) is 284 Å². The first-order valence-electron chi connectivity index (χ1n) is 29.8. The fraction of sp³-hybridized carbons (Fsp3) is 0.708. The highest BCUT2D eigenvalue weighted by molar-refractivity contribution is 5.71. The minimum Gasteiger partial charge on any atom is -0.462 e. The molecule has 0 fully saturated rings. The molecule has 0 aromatic rings. The number of allylic oxidation sites excluding steroid dienone is 16. The van der Waals surface area contributed by atoms with E-state index in [4.69, 9.17) is 14.2 Å². The van der Waals surface area contributed by atoms with Crippen LogP contribution in [0.1, 0.15) is 278 Å². The van der Waals surface area contributed by atoms with E-state index in [0.29, 0.717) is 19.3 Å². The van der Waals surface area contributed by atoms with Crippen molar-refractivity contribution < 1.29 is 28.6 Å². The Hall–Kier alpha value is -3.67. The van der Waals surface area contributed by atoms with Crippen LogP contribution in [0.3, 0.4) is 0 Å². The molecule has 0 aliphatic carbocycles. The van der Waals surface area contributed by atoms with E-state index in [9.17, 15) is 14.4 Å². The van der Waals surface area contributed by atoms with Crippen LogP contribution in [0.15, 0.2) is 97.2 Å². The van der Waals surface area contributed by atoms with Crippen LogP contribution in [0.5, 0.6) is 0 Å². The summed E-state index contributed by atoms with van der Waals surface area (Å²) in [6.45, 7) is 6.44. The fourth-order valence-corrected chi connectivity index (χ4v) is 8.20. The summed E-state index contributed by atoms with van der Waals surface area (Å²) in [6.07, 6.45) is 78.2. The first-order valence-corrected chi connectivity index (χ1v) is 29.8. The van der Waals surface area contributed by atoms with E-state index in [1.807, 2.05) is 18.2 Å². The lowest BCUT2D eigenvalue weighted by Crippen LogP contribution is -2.30. The van der Waals surface area contributed by atoms with Gasteiger partial charge in [-0.05, 0) is 89.9 Å². The first kappa shape index (κ1) is 67.3. The van der Waals surface area contributed by atoms with Gasteiger partial charge in [0.2, 0.25) is 0 Å². The van der Waals surface area contributed by atoms with Gasteiger partial charge in [0, 0.05) is 19.3 Å². The van der Waals surface area contributed by atoms with Crippen molar-refractivity contribution in [3.8, 4) is 0 Å². The second-order valence-electron chi connectivity index (χ2n) is 19.7. The number of unbranched alkanes of at least 4 members (excludes halogenated alkanes) is 31. The Kier molecular flexibility index (Phi) is 55.9. The highest BCUT2D eigenvalue weighted by Crippen LogP contribution is 2.16. The highest BCUT2D eigenvalue weighted by atomic mass is 16.6. The summed E-state index contributed by atoms with van der Waals surface area (Å²) in [7, 11) is 0. The van der Waals surface area contributed by atoms with E-state index < -0.39 is 6.10 Å². The smallest absolute Gasteiger partial charge is 0.306 e. The molecule has 0 saturated heterocycles. The van der Waals surface area contributed by atoms with Gasteiger partial charge in [0.25, 0.3) is 0 Å². The summed E-state index contributed by atoms with van der Waals surface area (Å²) in [4.78, 5) is 38.2. The zero-order chi connectivity index (χ0) is 51.4. The molecule has 0 amide bonds. The summed E-state index contributed by atoms with van der Waals surface area (Å²) in [6, 6.07) is 0. The van der Waals surface area contributed by atoms with Gasteiger partial charge in [-0.1, -0.05) is 266 Å². The van der Waals surface area contributed by atoms with Crippen molar-refractivity contribution in [1.29, 1.82) is 0 Å². The zero-order valence-corrected chi connectivity index (χ0v) is 46.5. The number of ether oxygens (including phenoxy) is 3. The Bertz CT molecular complexity index is 1410. The van der Waals surface area contributed by atoms with Gasteiger partial charge in [-0.3, -0.25) is 14.4 Å². The number of carbonyl (C=O) groups excluding carboxylic acids is 3. The third-order valence-corrected chi connectivity index (χ3v) is 12.7. The van der Waals surface area contributed by atoms with E-state index in [1.54, 1.807) is 0 Å². The van der Waals surface area contributed by atoms with Gasteiger partial charge in [0.1, 0.15) is 13.2 Å². The summed E-state index contributed by atoms with van der Waals surface area (Å²) >= 11 is 0. The maximum Gasteiger partial charge on any atom is 0.306 e. The Morgan fingerprint density at radius 2 is 0.549 bits per heavy atom. The molecule has 0 bridgehead atoms. The van der Waals surface area contributed by atoms with E-state index in [1.165, 1.54) is 154 Å². The van der Waals surface area contributed by atoms with E-state index in [-0.39, 0.29) is 31.1 Å². The van der Waals surface area contributed by atoms with Crippen molar-refractivity contribution in [3.63, 3.8) is 0 Å². The molecular weight excluding hydrogens is 877 g/mol. The predicted molar refractivity (Wildman–Crippen MR) is 307 cm³/mol. The van der Waals surface area contributed by atoms with Crippen LogP contribution in [-0.4, -0.2) is 37.2 Å². The van der Waals surface area contributed by atoms with Crippen LogP contribution in [0.2, 0.25) is 0 Å². The summed E-state index contributed by atoms with van der Waals surface area (Å²) in [5, 5.41) is 0. The number of hydrogen-bond acceptors (Lipinski definition) is 6. The normalized spacial score (nSPS) is 12.8. The molecule has 0 aliphatic rings. The molecule has 0 aliphatic heterocycles. The molecule has 0 aromatic carbocycles. The molecule has 0 heterocycles. The molecule has 0 rings (SSSR count). The summed E-state index contributed by atoms with van der Waals surface area (Å²) in [5.41, 5.74) is 0. The van der Waals surface area contributed by atoms with Crippen LogP contribution >= 0.6 is 0 Å². The average Bonchev–Trinajstić information content (AvgIpc) is 3.37. The van der Waals surface area contributed by atoms with Gasteiger partial charge in [-0.15, -0.1) is 0 Å². The van der Waals surface area contributed by atoms with Gasteiger partial charge in [-0.2, -0.15) is 0 Å². The number of rotatable bonds is 53. The second kappa shape index (κ2) is 58.9. The molecule has 71 heavy (non-hydrogen) atoms. The maximum absolute atomic E-state index is 12.9. The minimum absolute atomic E-state index is 0.0885. The molecule has 6 heteroatoms. The molecule has 0 spiro atoms. The lowest BCUT2D eigenvalue weighted by molar-refractivity contribution is -0.167. The van der Waals surface area contributed by atoms with Gasteiger partial charge in [0.05, 0.1) is 0 Å². The molecule has 1 unspecified atom stereocenters. The lowest BCUT2D eigenvalue weighted by Gasteiger charge is -2.18. The quantitative estimate of drug-likeness (QED) is 0.0261. The highest BCUT2D eigenvalue weighted by Gasteiger charge is 2.19. The number of esters is 3. The molecule has 406 valence electrons. The first-order chi connectivity index (χ1) is 35.0. The van der Waals surface area contributed by atoms with E-state index >= 15 is 0 Å². The van der Waals surface area contributed by atoms with Crippen molar-refractivity contribution in [3.05, 3.63) is 97.2 Å². The monoisotopic (exact) mass is 987 g/mol. The van der Waals surface area contributed by atoms with Crippen molar-refractivity contribution in [2.75, 3.05) is 13.2 Å². The minimum atomic E-state index is -0.792. The third-order valence-electron chi connectivity index (χ3n) is 12.7. The third kappa shape index (κ3) is 57.1. The summed E-state index contributed by atoms with van der Waals surface area (Å²) < 4.78 is 16.9. The molecule has 0 aromatic heterocycles. The fourth-order valence-electron chi connectivity index (χ4n) is 8.20. The largest absolute Gasteiger partial charge is 0.462 e. The second-order valence-corrected chi connectivity index (χ2v) is 19.7. The van der Waals surface area contributed by atoms with Crippen LogP contribution in [0.25, 0.3) is 0 Å². The Labute approximate surface area is 438 Å². The van der Waals surface area contributed by atoms with Crippen LogP contribution in [0.4, 0.5) is 0 Å². The van der Waals surface area contributed by atoms with Gasteiger partial charge < -0.3 is 14.2 Å². The van der Waals surface area contributed by atoms with Gasteiger partial charge in [0.15, 0.2) is 6.10 Å². The van der Waals surface area contributed by atoms with Crippen LogP contribution in [0, 0.1) is 0 Å². The van der Waals surface area contributed by atoms with Crippen molar-refractivity contribution in [1.82, 2.24) is 0 Å². The Morgan fingerprint density at radius 1 is 0.296 bits per heavy atom. The Morgan fingerprint density at radius 3 is 0.873 bits per heavy atom. The van der Waals surface area contributed by atoms with Gasteiger partial charge in [-0.25, -0.2) is 0 Å². The average molecular weight is 988 g/mol. The maximum atomic E-state index is 12.9. The topological polar surface area (TPSA) is 78.9 Å². The molecule has 0 radical (unpaired) electrons. The number of carbonyl (C=O) groups is 3. The van der Waals surface area contributed by atoms with Crippen molar-refractivity contribution >= 4 is 17.9 Å². The lowest BCUT2D eigenvalue weighted by atomic mass is 10.1. The zero-order valence-electron chi connectivity index (χ0n) is 46.5. The molecule has 1 atom stereocenters. The molecular formula is C65H110O6. The van der Waals surface area contributed by atoms with Crippen molar-refractivity contribution in [2.24, 2.45) is 0 Å². The van der Waals surface area contributed by atoms with E-state index in [0.717, 1.165) is 83.5 Å². The molecule has 6 nitrogen and oxygen atoms in total. The molecule has 0 N–H and O–H groups in total. The number of hydrogen-bond donors (Lipinski definition) is 0.